The molecule has 2 fully saturated rings. The van der Waals surface area contributed by atoms with Gasteiger partial charge in [-0.05, 0) is 98.8 Å². The third-order valence-corrected chi connectivity index (χ3v) is 9.23. The number of rotatable bonds is 5. The summed E-state index contributed by atoms with van der Waals surface area (Å²) in [6.07, 6.45) is 4.49. The average Bonchev–Trinajstić information content (AvgIpc) is 3.43. The van der Waals surface area contributed by atoms with Gasteiger partial charge >= 0.3 is 6.09 Å². The van der Waals surface area contributed by atoms with E-state index in [2.05, 4.69) is 31.4 Å². The van der Waals surface area contributed by atoms with E-state index < -0.39 is 12.0 Å². The van der Waals surface area contributed by atoms with Crippen LogP contribution >= 0.6 is 0 Å². The number of hydrogen-bond donors (Lipinski definition) is 4. The first-order chi connectivity index (χ1) is 21.1. The van der Waals surface area contributed by atoms with Gasteiger partial charge in [-0.25, -0.2) is 9.48 Å². The molecule has 44 heavy (non-hydrogen) atoms. The minimum absolute atomic E-state index is 0.283. The number of carbonyl (C=O) groups is 2. The van der Waals surface area contributed by atoms with Crippen molar-refractivity contribution in [3.8, 4) is 22.8 Å². The Morgan fingerprint density at radius 3 is 2.14 bits per heavy atom. The number of nitrogens with one attached hydrogen (secondary N) is 2. The maximum atomic E-state index is 12.4. The maximum absolute atomic E-state index is 12.4. The highest BCUT2D eigenvalue weighted by molar-refractivity contribution is 6.03. The molecule has 0 aliphatic carbocycles. The number of fused-ring (bicyclic) bond motifs is 1. The van der Waals surface area contributed by atoms with Gasteiger partial charge < -0.3 is 31.1 Å². The Balaban J connectivity index is 0.000000249. The van der Waals surface area contributed by atoms with E-state index in [-0.39, 0.29) is 6.04 Å². The summed E-state index contributed by atoms with van der Waals surface area (Å²) in [5, 5.41) is 20.5. The van der Waals surface area contributed by atoms with E-state index in [4.69, 9.17) is 20.7 Å². The molecule has 6 rings (SSSR count). The molecule has 3 aliphatic rings. The summed E-state index contributed by atoms with van der Waals surface area (Å²) in [7, 11) is 0. The number of para-hydroxylation sites is 1. The lowest BCUT2D eigenvalue weighted by Crippen LogP contribution is -2.40. The minimum atomic E-state index is -0.771. The highest BCUT2D eigenvalue weighted by Gasteiger charge is 2.34. The molecule has 3 aliphatic heterocycles. The van der Waals surface area contributed by atoms with Crippen LogP contribution in [0.3, 0.4) is 0 Å². The Morgan fingerprint density at radius 2 is 1.55 bits per heavy atom. The van der Waals surface area contributed by atoms with Gasteiger partial charge in [0.2, 0.25) is 0 Å². The number of benzene rings is 2. The van der Waals surface area contributed by atoms with Gasteiger partial charge in [0.1, 0.15) is 28.6 Å². The second-order valence-electron chi connectivity index (χ2n) is 13.1. The molecular weight excluding hydrogens is 556 g/mol. The van der Waals surface area contributed by atoms with Crippen LogP contribution in [-0.4, -0.2) is 64.5 Å². The van der Waals surface area contributed by atoms with Crippen LogP contribution in [0, 0.1) is 17.3 Å². The molecule has 0 bridgehead atoms. The number of hydrogen-bond acceptors (Lipinski definition) is 6. The normalized spacial score (nSPS) is 19.2. The smallest absolute Gasteiger partial charge is 0.407 e. The molecule has 236 valence electrons. The fraction of sp³-hybridized carbons (Fsp3) is 0.500. The molecule has 10 heteroatoms. The molecule has 3 aromatic rings. The van der Waals surface area contributed by atoms with Crippen LogP contribution in [0.4, 0.5) is 10.6 Å². The van der Waals surface area contributed by atoms with Crippen LogP contribution in [0.1, 0.15) is 69.3 Å². The zero-order valence-corrected chi connectivity index (χ0v) is 26.1. The van der Waals surface area contributed by atoms with Crippen molar-refractivity contribution in [3.63, 3.8) is 0 Å². The van der Waals surface area contributed by atoms with E-state index in [9.17, 15) is 9.59 Å². The molecule has 2 amide bonds. The zero-order valence-electron chi connectivity index (χ0n) is 26.1. The number of carboxylic acid groups (broad SMARTS) is 1. The molecule has 1 atom stereocenters. The van der Waals surface area contributed by atoms with E-state index in [1.54, 1.807) is 0 Å². The van der Waals surface area contributed by atoms with Gasteiger partial charge in [0.25, 0.3) is 5.91 Å². The number of carbonyl (C=O) groups excluding carboxylic acids is 1. The molecule has 5 N–H and O–H groups in total. The third kappa shape index (κ3) is 7.35. The Morgan fingerprint density at radius 1 is 0.909 bits per heavy atom. The van der Waals surface area contributed by atoms with Gasteiger partial charge in [-0.1, -0.05) is 39.0 Å². The number of anilines is 1. The Bertz CT molecular complexity index is 1400. The Labute approximate surface area is 260 Å². The SMILES string of the molecule is CC(C)(C)C1CCN(C(=O)O)CC1.NC(=O)c1c(-c2ccc(Oc3ccccc3)cc2)nn2c1NCC[C@H]2C1CCNCC1. The van der Waals surface area contributed by atoms with Crippen molar-refractivity contribution < 1.29 is 19.4 Å². The van der Waals surface area contributed by atoms with E-state index in [1.165, 1.54) is 4.90 Å². The second kappa shape index (κ2) is 13.7. The highest BCUT2D eigenvalue weighted by Crippen LogP contribution is 2.39. The molecular formula is C34H46N6O4. The molecule has 0 saturated carbocycles. The van der Waals surface area contributed by atoms with Crippen molar-refractivity contribution in [2.75, 3.05) is 38.0 Å². The van der Waals surface area contributed by atoms with E-state index in [0.29, 0.717) is 41.6 Å². The quantitative estimate of drug-likeness (QED) is 0.272. The van der Waals surface area contributed by atoms with Crippen LogP contribution in [0.2, 0.25) is 0 Å². The number of ether oxygens (including phenoxy) is 1. The van der Waals surface area contributed by atoms with Gasteiger partial charge in [0, 0.05) is 25.2 Å². The van der Waals surface area contributed by atoms with Gasteiger partial charge in [0.05, 0.1) is 6.04 Å². The summed E-state index contributed by atoms with van der Waals surface area (Å²) in [6, 6.07) is 17.6. The van der Waals surface area contributed by atoms with Gasteiger partial charge in [-0.2, -0.15) is 5.10 Å². The molecule has 0 radical (unpaired) electrons. The summed E-state index contributed by atoms with van der Waals surface area (Å²) in [4.78, 5) is 24.6. The van der Waals surface area contributed by atoms with Crippen LogP contribution in [0.5, 0.6) is 11.5 Å². The van der Waals surface area contributed by atoms with Crippen molar-refractivity contribution in [1.29, 1.82) is 0 Å². The number of aromatic nitrogens is 2. The largest absolute Gasteiger partial charge is 0.465 e. The van der Waals surface area contributed by atoms with Crippen LogP contribution in [0.25, 0.3) is 11.3 Å². The number of nitrogens with zero attached hydrogens (tertiary/aromatic N) is 3. The van der Waals surface area contributed by atoms with Gasteiger partial charge in [0.15, 0.2) is 0 Å². The molecule has 2 saturated heterocycles. The molecule has 0 unspecified atom stereocenters. The number of amides is 2. The predicted molar refractivity (Wildman–Crippen MR) is 172 cm³/mol. The number of nitrogens with two attached hydrogens (primary N) is 1. The average molecular weight is 603 g/mol. The highest BCUT2D eigenvalue weighted by atomic mass is 16.5. The monoisotopic (exact) mass is 602 g/mol. The fourth-order valence-corrected chi connectivity index (χ4v) is 6.65. The van der Waals surface area contributed by atoms with E-state index >= 15 is 0 Å². The summed E-state index contributed by atoms with van der Waals surface area (Å²) in [5.41, 5.74) is 8.08. The predicted octanol–water partition coefficient (Wildman–Crippen LogP) is 6.22. The van der Waals surface area contributed by atoms with Crippen molar-refractivity contribution in [2.24, 2.45) is 23.0 Å². The first-order valence-electron chi connectivity index (χ1n) is 15.8. The lowest BCUT2D eigenvalue weighted by Gasteiger charge is -2.37. The molecule has 0 spiro atoms. The standard InChI is InChI=1S/C24H27N5O2.C10H19NO2/c25-23(30)21-22(17-6-8-19(9-7-17)31-18-4-2-1-3-5-18)28-29-20(12-15-27-24(21)29)16-10-13-26-14-11-16;1-10(2,3)8-4-6-11(7-5-8)9(12)13/h1-9,16,20,26-27H,10-15H2,(H2,25,30);8H,4-7H2,1-3H3,(H,12,13)/t20-;/m0./s1. The van der Waals surface area contributed by atoms with Gasteiger partial charge in [-0.3, -0.25) is 4.79 Å². The number of likely N-dealkylation sites (tertiary alicyclic amines) is 1. The van der Waals surface area contributed by atoms with Crippen LogP contribution < -0.4 is 21.1 Å². The molecule has 1 aromatic heterocycles. The van der Waals surface area contributed by atoms with Gasteiger partial charge in [-0.15, -0.1) is 0 Å². The summed E-state index contributed by atoms with van der Waals surface area (Å²) in [5.74, 6) is 3.02. The van der Waals surface area contributed by atoms with Crippen LogP contribution in [0.15, 0.2) is 54.6 Å². The minimum Gasteiger partial charge on any atom is -0.465 e. The number of piperidine rings is 2. The summed E-state index contributed by atoms with van der Waals surface area (Å²) in [6.45, 7) is 11.0. The van der Waals surface area contributed by atoms with E-state index in [0.717, 1.165) is 74.6 Å². The number of primary amides is 1. The lowest BCUT2D eigenvalue weighted by atomic mass is 9.75. The van der Waals surface area contributed by atoms with Crippen molar-refractivity contribution in [2.45, 2.75) is 58.9 Å². The summed E-state index contributed by atoms with van der Waals surface area (Å²) >= 11 is 0. The molecule has 2 aromatic carbocycles. The molecule has 4 heterocycles. The molecule has 10 nitrogen and oxygen atoms in total. The third-order valence-electron chi connectivity index (χ3n) is 9.23. The lowest BCUT2D eigenvalue weighted by molar-refractivity contribution is 0.0954. The van der Waals surface area contributed by atoms with Crippen LogP contribution in [-0.2, 0) is 0 Å². The van der Waals surface area contributed by atoms with Crippen molar-refractivity contribution >= 4 is 17.8 Å². The zero-order chi connectivity index (χ0) is 31.3. The fourth-order valence-electron chi connectivity index (χ4n) is 6.65. The first kappa shape index (κ1) is 31.4. The second-order valence-corrected chi connectivity index (χ2v) is 13.1. The van der Waals surface area contributed by atoms with E-state index in [1.807, 2.05) is 59.3 Å². The Kier molecular flexibility index (Phi) is 9.78. The maximum Gasteiger partial charge on any atom is 0.407 e. The topological polar surface area (TPSA) is 135 Å². The van der Waals surface area contributed by atoms with Crippen molar-refractivity contribution in [1.82, 2.24) is 20.0 Å². The first-order valence-corrected chi connectivity index (χ1v) is 15.8. The summed E-state index contributed by atoms with van der Waals surface area (Å²) < 4.78 is 7.91. The van der Waals surface area contributed by atoms with Crippen molar-refractivity contribution in [3.05, 3.63) is 60.2 Å². The Hall–Kier alpha value is -4.05.